The van der Waals surface area contributed by atoms with Crippen molar-refractivity contribution in [2.45, 2.75) is 52.2 Å². The lowest BCUT2D eigenvalue weighted by molar-refractivity contribution is 0.486. The molecule has 47 heavy (non-hydrogen) atoms. The van der Waals surface area contributed by atoms with Crippen LogP contribution in [0.4, 0.5) is 0 Å². The third kappa shape index (κ3) is 6.71. The molecule has 0 bridgehead atoms. The van der Waals surface area contributed by atoms with Crippen LogP contribution in [0.25, 0.3) is 10.8 Å². The van der Waals surface area contributed by atoms with Crippen LogP contribution in [-0.4, -0.2) is 16.8 Å². The standard InChI is InChI=1S/C38H34O6S3/c1-27-5-16-34(17-6-27)45(35-18-7-28(2)8-19-35,36-20-9-29(3)10-21-36)44-47(41,42)38-24-14-31-25-33(15-13-32(31)26-38)43-46(39,40)37-22-11-30(4)12-23-37/h5-26H,1-4H3. The molecule has 0 saturated heterocycles. The highest BCUT2D eigenvalue weighted by atomic mass is 32.3. The van der Waals surface area contributed by atoms with Gasteiger partial charge in [0.05, 0.1) is 4.90 Å². The van der Waals surface area contributed by atoms with Gasteiger partial charge in [-0.2, -0.15) is 16.8 Å². The first-order chi connectivity index (χ1) is 22.4. The molecule has 0 heterocycles. The van der Waals surface area contributed by atoms with Gasteiger partial charge in [-0.15, -0.1) is 0 Å². The van der Waals surface area contributed by atoms with Crippen LogP contribution < -0.4 is 4.18 Å². The molecule has 9 heteroatoms. The lowest BCUT2D eigenvalue weighted by Gasteiger charge is -2.39. The van der Waals surface area contributed by atoms with Gasteiger partial charge in [-0.25, -0.2) is 3.63 Å². The van der Waals surface area contributed by atoms with Crippen molar-refractivity contribution in [2.75, 3.05) is 0 Å². The predicted molar refractivity (Wildman–Crippen MR) is 187 cm³/mol. The fraction of sp³-hybridized carbons (Fsp3) is 0.105. The molecular weight excluding hydrogens is 649 g/mol. The Hall–Kier alpha value is -4.41. The third-order valence-corrected chi connectivity index (χ3v) is 14.3. The van der Waals surface area contributed by atoms with E-state index in [9.17, 15) is 16.8 Å². The van der Waals surface area contributed by atoms with Gasteiger partial charge < -0.3 is 4.18 Å². The zero-order valence-electron chi connectivity index (χ0n) is 26.4. The van der Waals surface area contributed by atoms with Gasteiger partial charge >= 0.3 is 20.2 Å². The molecule has 0 saturated carbocycles. The molecule has 0 fully saturated rings. The smallest absolute Gasteiger partial charge is 0.339 e. The zero-order chi connectivity index (χ0) is 33.4. The predicted octanol–water partition coefficient (Wildman–Crippen LogP) is 9.44. The fourth-order valence-electron chi connectivity index (χ4n) is 5.18. The lowest BCUT2D eigenvalue weighted by atomic mass is 10.1. The highest BCUT2D eigenvalue weighted by Crippen LogP contribution is 2.70. The molecular formula is C38H34O6S3. The van der Waals surface area contributed by atoms with E-state index in [1.165, 1.54) is 30.3 Å². The number of hydrogen-bond acceptors (Lipinski definition) is 6. The summed E-state index contributed by atoms with van der Waals surface area (Å²) in [5, 5.41) is 1.19. The van der Waals surface area contributed by atoms with Crippen LogP contribution in [0.2, 0.25) is 0 Å². The Bertz CT molecular complexity index is 2170. The van der Waals surface area contributed by atoms with Crippen molar-refractivity contribution < 1.29 is 24.6 Å². The number of benzene rings is 6. The Labute approximate surface area is 278 Å². The van der Waals surface area contributed by atoms with E-state index in [-0.39, 0.29) is 15.5 Å². The largest absolute Gasteiger partial charge is 0.379 e. The molecule has 240 valence electrons. The van der Waals surface area contributed by atoms with Gasteiger partial charge in [0.2, 0.25) is 0 Å². The van der Waals surface area contributed by atoms with Gasteiger partial charge in [0, 0.05) is 14.7 Å². The number of rotatable bonds is 9. The molecule has 0 atom stereocenters. The molecule has 0 aliphatic heterocycles. The van der Waals surface area contributed by atoms with Crippen LogP contribution >= 0.6 is 10.3 Å². The summed E-state index contributed by atoms with van der Waals surface area (Å²) >= 11 is 0. The van der Waals surface area contributed by atoms with E-state index in [1.54, 1.807) is 30.3 Å². The highest BCUT2D eigenvalue weighted by molar-refractivity contribution is 8.33. The second kappa shape index (κ2) is 12.7. The summed E-state index contributed by atoms with van der Waals surface area (Å²) in [6, 6.07) is 39.1. The van der Waals surface area contributed by atoms with Crippen molar-refractivity contribution >= 4 is 41.3 Å². The van der Waals surface area contributed by atoms with Gasteiger partial charge in [0.25, 0.3) is 0 Å². The summed E-state index contributed by atoms with van der Waals surface area (Å²) < 4.78 is 66.3. The SMILES string of the molecule is Cc1ccc(S(OS(=O)(=O)c2ccc3cc(OS(=O)(=O)c4ccc(C)cc4)ccc3c2)(c2ccc(C)cc2)c2ccc(C)cc2)cc1. The Kier molecular flexibility index (Phi) is 8.76. The van der Waals surface area contributed by atoms with E-state index >= 15 is 0 Å². The molecule has 0 aliphatic carbocycles. The summed E-state index contributed by atoms with van der Waals surface area (Å²) in [6.45, 7) is 7.83. The molecule has 6 aromatic rings. The quantitative estimate of drug-likeness (QED) is 0.141. The van der Waals surface area contributed by atoms with E-state index in [4.69, 9.17) is 7.81 Å². The molecule has 0 amide bonds. The van der Waals surface area contributed by atoms with E-state index in [0.29, 0.717) is 10.8 Å². The van der Waals surface area contributed by atoms with E-state index in [0.717, 1.165) is 36.9 Å². The zero-order valence-corrected chi connectivity index (χ0v) is 28.8. The monoisotopic (exact) mass is 682 g/mol. The summed E-state index contributed by atoms with van der Waals surface area (Å²) in [5.41, 5.74) is 4.06. The normalized spacial score (nSPS) is 12.6. The van der Waals surface area contributed by atoms with Crippen LogP contribution in [-0.2, 0) is 23.9 Å². The van der Waals surface area contributed by atoms with Crippen molar-refractivity contribution in [1.29, 1.82) is 0 Å². The molecule has 0 aromatic heterocycles. The minimum absolute atomic E-state index is 0.0193. The van der Waals surface area contributed by atoms with Crippen LogP contribution in [0.3, 0.4) is 0 Å². The first-order valence-electron chi connectivity index (χ1n) is 14.9. The Morgan fingerprint density at radius 2 is 0.745 bits per heavy atom. The first kappa shape index (κ1) is 32.5. The molecule has 0 unspecified atom stereocenters. The van der Waals surface area contributed by atoms with Gasteiger partial charge in [0.1, 0.15) is 10.6 Å². The maximum absolute atomic E-state index is 14.3. The average Bonchev–Trinajstić information content (AvgIpc) is 3.04. The lowest BCUT2D eigenvalue weighted by Crippen LogP contribution is -2.14. The van der Waals surface area contributed by atoms with Crippen LogP contribution in [0.15, 0.2) is 158 Å². The Morgan fingerprint density at radius 1 is 0.383 bits per heavy atom. The Balaban J connectivity index is 1.42. The maximum Gasteiger partial charge on any atom is 0.339 e. The molecule has 0 N–H and O–H groups in total. The second-order valence-electron chi connectivity index (χ2n) is 11.5. The second-order valence-corrected chi connectivity index (χ2v) is 17.5. The van der Waals surface area contributed by atoms with Gasteiger partial charge in [-0.05, 0) is 122 Å². The molecule has 0 radical (unpaired) electrons. The molecule has 6 nitrogen and oxygen atoms in total. The number of aryl methyl sites for hydroxylation is 4. The van der Waals surface area contributed by atoms with E-state index in [2.05, 4.69) is 0 Å². The number of hydrogen-bond donors (Lipinski definition) is 0. The Morgan fingerprint density at radius 3 is 1.19 bits per heavy atom. The van der Waals surface area contributed by atoms with Crippen molar-refractivity contribution in [1.82, 2.24) is 0 Å². The molecule has 0 spiro atoms. The fourth-order valence-corrected chi connectivity index (χ4v) is 11.3. The summed E-state index contributed by atoms with van der Waals surface area (Å²) in [7, 11) is -11.2. The molecule has 0 aliphatic rings. The van der Waals surface area contributed by atoms with Crippen LogP contribution in [0.1, 0.15) is 22.3 Å². The van der Waals surface area contributed by atoms with Gasteiger partial charge in [0.15, 0.2) is 0 Å². The van der Waals surface area contributed by atoms with Crippen LogP contribution in [0, 0.1) is 27.7 Å². The highest BCUT2D eigenvalue weighted by Gasteiger charge is 2.38. The minimum atomic E-state index is -4.35. The average molecular weight is 683 g/mol. The maximum atomic E-state index is 14.3. The van der Waals surface area contributed by atoms with E-state index in [1.807, 2.05) is 100 Å². The van der Waals surface area contributed by atoms with Crippen molar-refractivity contribution in [2.24, 2.45) is 0 Å². The topological polar surface area (TPSA) is 86.7 Å². The third-order valence-electron chi connectivity index (χ3n) is 7.84. The summed E-state index contributed by atoms with van der Waals surface area (Å²) in [5.74, 6) is 0.117. The summed E-state index contributed by atoms with van der Waals surface area (Å²) in [6.07, 6.45) is 0. The van der Waals surface area contributed by atoms with Crippen molar-refractivity contribution in [3.63, 3.8) is 0 Å². The van der Waals surface area contributed by atoms with E-state index < -0.39 is 30.5 Å². The first-order valence-corrected chi connectivity index (χ1v) is 19.3. The molecule has 6 rings (SSSR count). The van der Waals surface area contributed by atoms with Crippen molar-refractivity contribution in [3.8, 4) is 5.75 Å². The van der Waals surface area contributed by atoms with Gasteiger partial charge in [-0.1, -0.05) is 82.9 Å². The van der Waals surface area contributed by atoms with Crippen molar-refractivity contribution in [3.05, 3.63) is 156 Å². The van der Waals surface area contributed by atoms with Crippen LogP contribution in [0.5, 0.6) is 5.75 Å². The minimum Gasteiger partial charge on any atom is -0.379 e. The number of fused-ring (bicyclic) bond motifs is 1. The van der Waals surface area contributed by atoms with Gasteiger partial charge in [-0.3, -0.25) is 0 Å². The molecule has 6 aromatic carbocycles. The summed E-state index contributed by atoms with van der Waals surface area (Å²) in [4.78, 5) is 2.27.